The first kappa shape index (κ1) is 16.0. The van der Waals surface area contributed by atoms with Crippen molar-refractivity contribution in [3.63, 3.8) is 0 Å². The van der Waals surface area contributed by atoms with Gasteiger partial charge in [-0.25, -0.2) is 0 Å². The van der Waals surface area contributed by atoms with E-state index in [1.54, 1.807) is 0 Å². The van der Waals surface area contributed by atoms with E-state index in [-0.39, 0.29) is 5.84 Å². The fourth-order valence-electron chi connectivity index (χ4n) is 2.21. The Morgan fingerprint density at radius 2 is 2.05 bits per heavy atom. The standard InChI is InChI=1S/C15H24BrN3/c1-4-5-6-10-19(11(2)3)13-9-7-8-12(16)14(13)15(17)18/h7-9,11H,4-6,10H2,1-3H3,(H3,17,18). The van der Waals surface area contributed by atoms with E-state index in [1.165, 1.54) is 19.3 Å². The van der Waals surface area contributed by atoms with Gasteiger partial charge in [0.2, 0.25) is 0 Å². The summed E-state index contributed by atoms with van der Waals surface area (Å²) in [6.45, 7) is 7.57. The van der Waals surface area contributed by atoms with Crippen LogP contribution in [-0.4, -0.2) is 18.4 Å². The molecule has 106 valence electrons. The number of benzene rings is 1. The summed E-state index contributed by atoms with van der Waals surface area (Å²) < 4.78 is 0.888. The highest BCUT2D eigenvalue weighted by Crippen LogP contribution is 2.29. The van der Waals surface area contributed by atoms with Gasteiger partial charge in [-0.05, 0) is 48.3 Å². The third kappa shape index (κ3) is 4.23. The number of hydrogen-bond donors (Lipinski definition) is 2. The predicted octanol–water partition coefficient (Wildman–Crippen LogP) is 4.14. The topological polar surface area (TPSA) is 53.1 Å². The molecule has 0 bridgehead atoms. The Labute approximate surface area is 124 Å². The minimum absolute atomic E-state index is 0.114. The summed E-state index contributed by atoms with van der Waals surface area (Å²) in [5.41, 5.74) is 7.58. The van der Waals surface area contributed by atoms with Crippen molar-refractivity contribution in [2.75, 3.05) is 11.4 Å². The summed E-state index contributed by atoms with van der Waals surface area (Å²) >= 11 is 3.50. The molecule has 0 amide bonds. The quantitative estimate of drug-likeness (QED) is 0.449. The molecule has 3 nitrogen and oxygen atoms in total. The molecular weight excluding hydrogens is 302 g/mol. The molecule has 0 aliphatic heterocycles. The van der Waals surface area contributed by atoms with Crippen molar-refractivity contribution in [1.29, 1.82) is 5.41 Å². The van der Waals surface area contributed by atoms with E-state index in [0.29, 0.717) is 6.04 Å². The molecule has 0 aliphatic rings. The molecule has 4 heteroatoms. The summed E-state index contributed by atoms with van der Waals surface area (Å²) in [6.07, 6.45) is 3.61. The minimum atomic E-state index is 0.114. The number of anilines is 1. The highest BCUT2D eigenvalue weighted by Gasteiger charge is 2.17. The summed E-state index contributed by atoms with van der Waals surface area (Å²) in [4.78, 5) is 2.33. The number of nitrogens with one attached hydrogen (secondary N) is 1. The average Bonchev–Trinajstić information content (AvgIpc) is 2.33. The van der Waals surface area contributed by atoms with Gasteiger partial charge in [0, 0.05) is 22.7 Å². The maximum Gasteiger partial charge on any atom is 0.126 e. The van der Waals surface area contributed by atoms with Gasteiger partial charge >= 0.3 is 0 Å². The molecule has 1 rings (SSSR count). The lowest BCUT2D eigenvalue weighted by molar-refractivity contribution is 0.625. The maximum absolute atomic E-state index is 7.79. The van der Waals surface area contributed by atoms with Crippen LogP contribution in [0.1, 0.15) is 45.6 Å². The highest BCUT2D eigenvalue weighted by atomic mass is 79.9. The summed E-state index contributed by atoms with van der Waals surface area (Å²) in [6, 6.07) is 6.38. The normalized spacial score (nSPS) is 10.8. The first-order valence-electron chi connectivity index (χ1n) is 6.88. The Balaban J connectivity index is 3.08. The van der Waals surface area contributed by atoms with E-state index in [4.69, 9.17) is 11.1 Å². The smallest absolute Gasteiger partial charge is 0.126 e. The predicted molar refractivity (Wildman–Crippen MR) is 87.2 cm³/mol. The maximum atomic E-state index is 7.79. The molecule has 0 saturated carbocycles. The number of rotatable bonds is 7. The van der Waals surface area contributed by atoms with Gasteiger partial charge in [-0.1, -0.05) is 25.8 Å². The van der Waals surface area contributed by atoms with Crippen molar-refractivity contribution in [3.05, 3.63) is 28.2 Å². The molecule has 0 atom stereocenters. The third-order valence-corrected chi connectivity index (χ3v) is 3.86. The number of nitrogens with zero attached hydrogens (tertiary/aromatic N) is 1. The van der Waals surface area contributed by atoms with Crippen LogP contribution in [0.15, 0.2) is 22.7 Å². The van der Waals surface area contributed by atoms with Crippen molar-refractivity contribution in [2.24, 2.45) is 5.73 Å². The first-order chi connectivity index (χ1) is 8.99. The molecule has 0 radical (unpaired) electrons. The first-order valence-corrected chi connectivity index (χ1v) is 7.67. The summed E-state index contributed by atoms with van der Waals surface area (Å²) in [5, 5.41) is 7.79. The molecule has 1 aromatic rings. The second-order valence-electron chi connectivity index (χ2n) is 5.04. The van der Waals surface area contributed by atoms with Crippen molar-refractivity contribution in [1.82, 2.24) is 0 Å². The molecule has 0 saturated heterocycles. The van der Waals surface area contributed by atoms with Crippen LogP contribution < -0.4 is 10.6 Å². The lowest BCUT2D eigenvalue weighted by Gasteiger charge is -2.31. The van der Waals surface area contributed by atoms with Crippen molar-refractivity contribution in [3.8, 4) is 0 Å². The molecule has 0 aromatic heterocycles. The second-order valence-corrected chi connectivity index (χ2v) is 5.90. The van der Waals surface area contributed by atoms with Gasteiger partial charge in [-0.3, -0.25) is 5.41 Å². The van der Waals surface area contributed by atoms with Crippen LogP contribution in [0.2, 0.25) is 0 Å². The van der Waals surface area contributed by atoms with Crippen molar-refractivity contribution in [2.45, 2.75) is 46.1 Å². The molecule has 0 fully saturated rings. The van der Waals surface area contributed by atoms with Gasteiger partial charge in [0.25, 0.3) is 0 Å². The average molecular weight is 326 g/mol. The number of nitrogens with two attached hydrogens (primary N) is 1. The molecule has 0 aliphatic carbocycles. The van der Waals surface area contributed by atoms with Gasteiger partial charge < -0.3 is 10.6 Å². The zero-order valence-corrected chi connectivity index (χ0v) is 13.6. The Morgan fingerprint density at radius 1 is 1.37 bits per heavy atom. The monoisotopic (exact) mass is 325 g/mol. The van der Waals surface area contributed by atoms with Gasteiger partial charge in [-0.15, -0.1) is 0 Å². The molecule has 0 heterocycles. The van der Waals surface area contributed by atoms with Crippen LogP contribution in [0.25, 0.3) is 0 Å². The largest absolute Gasteiger partial charge is 0.384 e. The molecule has 19 heavy (non-hydrogen) atoms. The van der Waals surface area contributed by atoms with Crippen molar-refractivity contribution >= 4 is 27.5 Å². The number of hydrogen-bond acceptors (Lipinski definition) is 2. The van der Waals surface area contributed by atoms with Crippen LogP contribution in [0, 0.1) is 5.41 Å². The molecule has 0 unspecified atom stereocenters. The fraction of sp³-hybridized carbons (Fsp3) is 0.533. The van der Waals surface area contributed by atoms with Gasteiger partial charge in [0.15, 0.2) is 0 Å². The van der Waals surface area contributed by atoms with Gasteiger partial charge in [0.05, 0.1) is 5.56 Å². The molecule has 1 aromatic carbocycles. The van der Waals surface area contributed by atoms with E-state index >= 15 is 0 Å². The van der Waals surface area contributed by atoms with E-state index in [2.05, 4.69) is 41.6 Å². The van der Waals surface area contributed by atoms with Crippen molar-refractivity contribution < 1.29 is 0 Å². The Kier molecular flexibility index (Phi) is 6.35. The Morgan fingerprint density at radius 3 is 2.58 bits per heavy atom. The SMILES string of the molecule is CCCCCN(c1cccc(Br)c1C(=N)N)C(C)C. The highest BCUT2D eigenvalue weighted by molar-refractivity contribution is 9.10. The Hall–Kier alpha value is -1.03. The molecule has 3 N–H and O–H groups in total. The third-order valence-electron chi connectivity index (χ3n) is 3.20. The van der Waals surface area contributed by atoms with E-state index in [9.17, 15) is 0 Å². The Bertz CT molecular complexity index is 429. The summed E-state index contributed by atoms with van der Waals surface area (Å²) in [7, 11) is 0. The number of amidine groups is 1. The number of halogens is 1. The van der Waals surface area contributed by atoms with Crippen LogP contribution in [0.4, 0.5) is 5.69 Å². The zero-order chi connectivity index (χ0) is 14.4. The number of unbranched alkanes of at least 4 members (excludes halogenated alkanes) is 2. The van der Waals surface area contributed by atoms with Crippen LogP contribution in [0.3, 0.4) is 0 Å². The summed E-state index contributed by atoms with van der Waals surface area (Å²) in [5.74, 6) is 0.114. The lowest BCUT2D eigenvalue weighted by atomic mass is 10.1. The minimum Gasteiger partial charge on any atom is -0.384 e. The van der Waals surface area contributed by atoms with E-state index in [1.807, 2.05) is 18.2 Å². The van der Waals surface area contributed by atoms with Crippen LogP contribution in [-0.2, 0) is 0 Å². The molecule has 0 spiro atoms. The van der Waals surface area contributed by atoms with Crippen LogP contribution >= 0.6 is 15.9 Å². The number of nitrogen functional groups attached to an aromatic ring is 1. The lowest BCUT2D eigenvalue weighted by Crippen LogP contribution is -2.33. The van der Waals surface area contributed by atoms with E-state index in [0.717, 1.165) is 22.3 Å². The zero-order valence-electron chi connectivity index (χ0n) is 12.0. The van der Waals surface area contributed by atoms with Crippen LogP contribution in [0.5, 0.6) is 0 Å². The second kappa shape index (κ2) is 7.53. The van der Waals surface area contributed by atoms with E-state index < -0.39 is 0 Å². The van der Waals surface area contributed by atoms with Gasteiger partial charge in [0.1, 0.15) is 5.84 Å². The van der Waals surface area contributed by atoms with Gasteiger partial charge in [-0.2, -0.15) is 0 Å². The molecular formula is C15H24BrN3. The fourth-order valence-corrected chi connectivity index (χ4v) is 2.78.